The van der Waals surface area contributed by atoms with Crippen LogP contribution in [0.3, 0.4) is 0 Å². The molecular weight excluding hydrogens is 224 g/mol. The molecule has 5 heteroatoms. The Morgan fingerprint density at radius 1 is 1.29 bits per heavy atom. The molecule has 0 aliphatic carbocycles. The Bertz CT molecular complexity index is 338. The van der Waals surface area contributed by atoms with Gasteiger partial charge in [0.2, 0.25) is 0 Å². The van der Waals surface area contributed by atoms with Gasteiger partial charge < -0.3 is 24.8 Å². The summed E-state index contributed by atoms with van der Waals surface area (Å²) in [4.78, 5) is 0. The van der Waals surface area contributed by atoms with Crippen molar-refractivity contribution in [2.24, 2.45) is 0 Å². The van der Waals surface area contributed by atoms with Crippen LogP contribution >= 0.6 is 0 Å². The molecule has 0 spiro atoms. The predicted octanol–water partition coefficient (Wildman–Crippen LogP) is -0.185. The van der Waals surface area contributed by atoms with Crippen molar-refractivity contribution < 1.29 is 24.8 Å². The molecule has 1 saturated heterocycles. The monoisotopic (exact) mass is 240 g/mol. The SMILES string of the molecule is OC[C@@H](O)[C@@H]1OC(c2ccccc2)OC[C@H]1O. The summed E-state index contributed by atoms with van der Waals surface area (Å²) in [5.41, 5.74) is 0.814. The van der Waals surface area contributed by atoms with Gasteiger partial charge in [-0.2, -0.15) is 0 Å². The van der Waals surface area contributed by atoms with Crippen LogP contribution in [-0.2, 0) is 9.47 Å². The van der Waals surface area contributed by atoms with E-state index in [1.54, 1.807) is 0 Å². The van der Waals surface area contributed by atoms with Gasteiger partial charge in [-0.15, -0.1) is 0 Å². The highest BCUT2D eigenvalue weighted by Gasteiger charge is 2.35. The van der Waals surface area contributed by atoms with Crippen molar-refractivity contribution in [3.8, 4) is 0 Å². The lowest BCUT2D eigenvalue weighted by atomic mass is 10.1. The normalized spacial score (nSPS) is 31.1. The summed E-state index contributed by atoms with van der Waals surface area (Å²) in [5.74, 6) is 0. The Kier molecular flexibility index (Phi) is 4.09. The smallest absolute Gasteiger partial charge is 0.184 e. The number of ether oxygens (including phenoxy) is 2. The minimum Gasteiger partial charge on any atom is -0.394 e. The average Bonchev–Trinajstić information content (AvgIpc) is 2.39. The molecule has 17 heavy (non-hydrogen) atoms. The fourth-order valence-corrected chi connectivity index (χ4v) is 1.79. The van der Waals surface area contributed by atoms with Crippen molar-refractivity contribution in [1.82, 2.24) is 0 Å². The fourth-order valence-electron chi connectivity index (χ4n) is 1.79. The number of aliphatic hydroxyl groups excluding tert-OH is 3. The lowest BCUT2D eigenvalue weighted by molar-refractivity contribution is -0.277. The summed E-state index contributed by atoms with van der Waals surface area (Å²) >= 11 is 0. The molecule has 1 aromatic rings. The van der Waals surface area contributed by atoms with E-state index < -0.39 is 31.2 Å². The molecule has 4 atom stereocenters. The Morgan fingerprint density at radius 3 is 2.65 bits per heavy atom. The molecule has 1 unspecified atom stereocenters. The zero-order valence-electron chi connectivity index (χ0n) is 9.27. The Morgan fingerprint density at radius 2 is 2.00 bits per heavy atom. The summed E-state index contributed by atoms with van der Waals surface area (Å²) in [6, 6.07) is 9.26. The van der Waals surface area contributed by atoms with Crippen molar-refractivity contribution in [2.75, 3.05) is 13.2 Å². The number of benzene rings is 1. The first-order chi connectivity index (χ1) is 8.22. The molecule has 0 saturated carbocycles. The van der Waals surface area contributed by atoms with E-state index >= 15 is 0 Å². The molecule has 1 fully saturated rings. The van der Waals surface area contributed by atoms with Gasteiger partial charge in [-0.1, -0.05) is 30.3 Å². The van der Waals surface area contributed by atoms with Crippen LogP contribution < -0.4 is 0 Å². The summed E-state index contributed by atoms with van der Waals surface area (Å²) in [6.45, 7) is -0.384. The molecule has 1 aliphatic heterocycles. The molecule has 94 valence electrons. The van der Waals surface area contributed by atoms with E-state index in [1.165, 1.54) is 0 Å². The van der Waals surface area contributed by atoms with E-state index in [2.05, 4.69) is 0 Å². The van der Waals surface area contributed by atoms with Gasteiger partial charge in [0.1, 0.15) is 18.3 Å². The van der Waals surface area contributed by atoms with Gasteiger partial charge in [0, 0.05) is 5.56 Å². The van der Waals surface area contributed by atoms with Crippen molar-refractivity contribution in [1.29, 1.82) is 0 Å². The molecule has 1 heterocycles. The Hall–Kier alpha value is -0.980. The summed E-state index contributed by atoms with van der Waals surface area (Å²) in [6.07, 6.45) is -3.50. The zero-order valence-corrected chi connectivity index (χ0v) is 9.27. The first kappa shape index (κ1) is 12.5. The maximum absolute atomic E-state index is 9.61. The predicted molar refractivity (Wildman–Crippen MR) is 59.1 cm³/mol. The Labute approximate surface area is 99.2 Å². The van der Waals surface area contributed by atoms with Crippen LogP contribution in [0.4, 0.5) is 0 Å². The largest absolute Gasteiger partial charge is 0.394 e. The Balaban J connectivity index is 2.08. The quantitative estimate of drug-likeness (QED) is 0.682. The molecular formula is C12H16O5. The van der Waals surface area contributed by atoms with E-state index in [-0.39, 0.29) is 6.61 Å². The van der Waals surface area contributed by atoms with Crippen LogP contribution in [-0.4, -0.2) is 46.8 Å². The summed E-state index contributed by atoms with van der Waals surface area (Å²) in [5, 5.41) is 28.0. The molecule has 1 aromatic carbocycles. The lowest BCUT2D eigenvalue weighted by Crippen LogP contribution is -2.48. The van der Waals surface area contributed by atoms with Crippen LogP contribution in [0.5, 0.6) is 0 Å². The maximum atomic E-state index is 9.61. The fraction of sp³-hybridized carbons (Fsp3) is 0.500. The van der Waals surface area contributed by atoms with E-state index in [9.17, 15) is 10.2 Å². The lowest BCUT2D eigenvalue weighted by Gasteiger charge is -2.36. The first-order valence-electron chi connectivity index (χ1n) is 5.51. The van der Waals surface area contributed by atoms with Crippen LogP contribution in [0.2, 0.25) is 0 Å². The van der Waals surface area contributed by atoms with Gasteiger partial charge in [0.05, 0.1) is 13.2 Å². The standard InChI is InChI=1S/C12H16O5/c13-6-9(14)11-10(15)7-16-12(17-11)8-4-2-1-3-5-8/h1-5,9-15H,6-7H2/t9-,10-,11+,12?/m1/s1. The second-order valence-electron chi connectivity index (χ2n) is 3.99. The van der Waals surface area contributed by atoms with Crippen LogP contribution in [0.25, 0.3) is 0 Å². The molecule has 0 amide bonds. The van der Waals surface area contributed by atoms with Crippen molar-refractivity contribution >= 4 is 0 Å². The van der Waals surface area contributed by atoms with Gasteiger partial charge in [-0.25, -0.2) is 0 Å². The van der Waals surface area contributed by atoms with E-state index in [0.29, 0.717) is 0 Å². The molecule has 0 bridgehead atoms. The van der Waals surface area contributed by atoms with Gasteiger partial charge in [-0.3, -0.25) is 0 Å². The van der Waals surface area contributed by atoms with Gasteiger partial charge in [0.25, 0.3) is 0 Å². The molecule has 0 aromatic heterocycles. The van der Waals surface area contributed by atoms with E-state index in [4.69, 9.17) is 14.6 Å². The second-order valence-corrected chi connectivity index (χ2v) is 3.99. The molecule has 2 rings (SSSR count). The van der Waals surface area contributed by atoms with Crippen molar-refractivity contribution in [3.63, 3.8) is 0 Å². The highest BCUT2D eigenvalue weighted by Crippen LogP contribution is 2.27. The molecule has 5 nitrogen and oxygen atoms in total. The number of hydrogen-bond acceptors (Lipinski definition) is 5. The molecule has 1 aliphatic rings. The van der Waals surface area contributed by atoms with Gasteiger partial charge in [0.15, 0.2) is 6.29 Å². The highest BCUT2D eigenvalue weighted by molar-refractivity contribution is 5.16. The molecule has 3 N–H and O–H groups in total. The molecule has 0 radical (unpaired) electrons. The zero-order chi connectivity index (χ0) is 12.3. The van der Waals surface area contributed by atoms with Crippen molar-refractivity contribution in [2.45, 2.75) is 24.6 Å². The number of aliphatic hydroxyl groups is 3. The summed E-state index contributed by atoms with van der Waals surface area (Å²) < 4.78 is 10.8. The van der Waals surface area contributed by atoms with Gasteiger partial charge in [-0.05, 0) is 0 Å². The topological polar surface area (TPSA) is 79.2 Å². The first-order valence-corrected chi connectivity index (χ1v) is 5.51. The van der Waals surface area contributed by atoms with E-state index in [0.717, 1.165) is 5.56 Å². The average molecular weight is 240 g/mol. The summed E-state index contributed by atoms with van der Waals surface area (Å²) in [7, 11) is 0. The number of rotatable bonds is 3. The van der Waals surface area contributed by atoms with Crippen molar-refractivity contribution in [3.05, 3.63) is 35.9 Å². The van der Waals surface area contributed by atoms with E-state index in [1.807, 2.05) is 30.3 Å². The second kappa shape index (κ2) is 5.57. The third kappa shape index (κ3) is 2.83. The minimum atomic E-state index is -1.11. The third-order valence-corrected chi connectivity index (χ3v) is 2.72. The van der Waals surface area contributed by atoms with Crippen LogP contribution in [0, 0.1) is 0 Å². The van der Waals surface area contributed by atoms with Crippen LogP contribution in [0.15, 0.2) is 30.3 Å². The third-order valence-electron chi connectivity index (χ3n) is 2.72. The minimum absolute atomic E-state index is 0.0707. The highest BCUT2D eigenvalue weighted by atomic mass is 16.7. The van der Waals surface area contributed by atoms with Gasteiger partial charge >= 0.3 is 0 Å². The maximum Gasteiger partial charge on any atom is 0.184 e. The van der Waals surface area contributed by atoms with Crippen LogP contribution in [0.1, 0.15) is 11.9 Å². The number of hydrogen-bond donors (Lipinski definition) is 3.